The first-order valence-corrected chi connectivity index (χ1v) is 11.6. The van der Waals surface area contributed by atoms with Crippen molar-refractivity contribution in [2.75, 3.05) is 18.4 Å². The minimum atomic E-state index is -3.65. The van der Waals surface area contributed by atoms with Gasteiger partial charge in [0.15, 0.2) is 0 Å². The van der Waals surface area contributed by atoms with Crippen molar-refractivity contribution >= 4 is 39.1 Å². The Balaban J connectivity index is 1.57. The highest BCUT2D eigenvalue weighted by Gasteiger charge is 2.33. The van der Waals surface area contributed by atoms with Gasteiger partial charge in [0.2, 0.25) is 10.0 Å². The lowest BCUT2D eigenvalue weighted by atomic mass is 10.0. The van der Waals surface area contributed by atoms with Crippen LogP contribution in [0.15, 0.2) is 59.5 Å². The van der Waals surface area contributed by atoms with Gasteiger partial charge in [0, 0.05) is 29.8 Å². The average molecular weight is 450 g/mol. The summed E-state index contributed by atoms with van der Waals surface area (Å²) in [6.45, 7) is 0.635. The number of anilines is 1. The molecule has 1 heterocycles. The molecular formula is C21H24ClN3O4S. The van der Waals surface area contributed by atoms with E-state index in [1.807, 2.05) is 6.07 Å². The van der Waals surface area contributed by atoms with Gasteiger partial charge in [-0.25, -0.2) is 8.42 Å². The SMILES string of the molecule is O=C(NCC[C@H]1CCCCN1S(=O)(=O)c1ccc(Cl)cc1)C(=O)Nc1ccccc1. The van der Waals surface area contributed by atoms with Gasteiger partial charge in [-0.05, 0) is 55.7 Å². The molecule has 1 aliphatic heterocycles. The van der Waals surface area contributed by atoms with Gasteiger partial charge >= 0.3 is 11.8 Å². The second-order valence-corrected chi connectivity index (χ2v) is 9.41. The van der Waals surface area contributed by atoms with Crippen LogP contribution in [0, 0.1) is 0 Å². The number of benzene rings is 2. The second kappa shape index (κ2) is 10.1. The summed E-state index contributed by atoms with van der Waals surface area (Å²) in [7, 11) is -3.65. The molecule has 0 bridgehead atoms. The van der Waals surface area contributed by atoms with Crippen molar-refractivity contribution in [1.82, 2.24) is 9.62 Å². The van der Waals surface area contributed by atoms with E-state index in [9.17, 15) is 18.0 Å². The number of nitrogens with one attached hydrogen (secondary N) is 2. The summed E-state index contributed by atoms with van der Waals surface area (Å²) >= 11 is 5.87. The van der Waals surface area contributed by atoms with Gasteiger partial charge in [0.05, 0.1) is 4.90 Å². The number of halogens is 1. The van der Waals surface area contributed by atoms with E-state index in [0.29, 0.717) is 30.1 Å². The van der Waals surface area contributed by atoms with Gasteiger partial charge < -0.3 is 10.6 Å². The molecule has 1 fully saturated rings. The molecule has 7 nitrogen and oxygen atoms in total. The Hall–Kier alpha value is -2.42. The van der Waals surface area contributed by atoms with Crippen LogP contribution in [0.1, 0.15) is 25.7 Å². The molecule has 0 saturated carbocycles. The van der Waals surface area contributed by atoms with Gasteiger partial charge in [-0.3, -0.25) is 9.59 Å². The zero-order valence-corrected chi connectivity index (χ0v) is 18.0. The Labute approximate surface area is 181 Å². The number of para-hydroxylation sites is 1. The zero-order chi connectivity index (χ0) is 21.6. The maximum absolute atomic E-state index is 13.0. The Morgan fingerprint density at radius 3 is 2.40 bits per heavy atom. The number of nitrogens with zero attached hydrogens (tertiary/aromatic N) is 1. The lowest BCUT2D eigenvalue weighted by Gasteiger charge is -2.34. The van der Waals surface area contributed by atoms with Gasteiger partial charge in [0.1, 0.15) is 0 Å². The number of rotatable bonds is 6. The van der Waals surface area contributed by atoms with E-state index in [1.165, 1.54) is 16.4 Å². The predicted octanol–water partition coefficient (Wildman–Crippen LogP) is 3.03. The summed E-state index contributed by atoms with van der Waals surface area (Å²) in [4.78, 5) is 24.2. The maximum atomic E-state index is 13.0. The van der Waals surface area contributed by atoms with Crippen molar-refractivity contribution in [3.05, 3.63) is 59.6 Å². The van der Waals surface area contributed by atoms with Crippen LogP contribution in [0.5, 0.6) is 0 Å². The third-order valence-electron chi connectivity index (χ3n) is 4.99. The number of hydrogen-bond donors (Lipinski definition) is 2. The molecule has 30 heavy (non-hydrogen) atoms. The maximum Gasteiger partial charge on any atom is 0.313 e. The minimum absolute atomic E-state index is 0.199. The van der Waals surface area contributed by atoms with E-state index in [4.69, 9.17) is 11.6 Å². The Kier molecular flexibility index (Phi) is 7.47. The summed E-state index contributed by atoms with van der Waals surface area (Å²) in [5, 5.41) is 5.57. The first-order valence-electron chi connectivity index (χ1n) is 9.79. The minimum Gasteiger partial charge on any atom is -0.348 e. The fourth-order valence-corrected chi connectivity index (χ4v) is 5.31. The summed E-state index contributed by atoms with van der Waals surface area (Å²) in [6, 6.07) is 14.6. The molecule has 0 aromatic heterocycles. The fraction of sp³-hybridized carbons (Fsp3) is 0.333. The normalized spacial score (nSPS) is 17.3. The monoisotopic (exact) mass is 449 g/mol. The molecule has 0 aliphatic carbocycles. The highest BCUT2D eigenvalue weighted by molar-refractivity contribution is 7.89. The van der Waals surface area contributed by atoms with Crippen molar-refractivity contribution < 1.29 is 18.0 Å². The van der Waals surface area contributed by atoms with Crippen molar-refractivity contribution in [2.45, 2.75) is 36.6 Å². The molecule has 1 atom stereocenters. The van der Waals surface area contributed by atoms with E-state index in [0.717, 1.165) is 12.8 Å². The third kappa shape index (κ3) is 5.59. The lowest BCUT2D eigenvalue weighted by Crippen LogP contribution is -2.45. The van der Waals surface area contributed by atoms with E-state index < -0.39 is 21.8 Å². The Morgan fingerprint density at radius 1 is 1.00 bits per heavy atom. The second-order valence-electron chi connectivity index (χ2n) is 7.08. The molecule has 160 valence electrons. The highest BCUT2D eigenvalue weighted by Crippen LogP contribution is 2.27. The van der Waals surface area contributed by atoms with Crippen molar-refractivity contribution in [1.29, 1.82) is 0 Å². The lowest BCUT2D eigenvalue weighted by molar-refractivity contribution is -0.136. The molecule has 9 heteroatoms. The Morgan fingerprint density at radius 2 is 1.70 bits per heavy atom. The quantitative estimate of drug-likeness (QED) is 0.662. The molecule has 2 amide bonds. The molecule has 0 spiro atoms. The molecule has 2 aromatic rings. The smallest absolute Gasteiger partial charge is 0.313 e. The topological polar surface area (TPSA) is 95.6 Å². The molecule has 0 radical (unpaired) electrons. The first kappa shape index (κ1) is 22.3. The van der Waals surface area contributed by atoms with Crippen LogP contribution in [-0.2, 0) is 19.6 Å². The Bertz CT molecular complexity index is 981. The molecule has 1 aliphatic rings. The predicted molar refractivity (Wildman–Crippen MR) is 116 cm³/mol. The van der Waals surface area contributed by atoms with E-state index in [1.54, 1.807) is 36.4 Å². The van der Waals surface area contributed by atoms with Crippen molar-refractivity contribution in [3.8, 4) is 0 Å². The van der Waals surface area contributed by atoms with Crippen LogP contribution in [-0.4, -0.2) is 43.7 Å². The van der Waals surface area contributed by atoms with Crippen molar-refractivity contribution in [2.24, 2.45) is 0 Å². The first-order chi connectivity index (χ1) is 14.4. The summed E-state index contributed by atoms with van der Waals surface area (Å²) < 4.78 is 27.6. The van der Waals surface area contributed by atoms with Gasteiger partial charge in [-0.1, -0.05) is 36.2 Å². The number of carbonyl (C=O) groups excluding carboxylic acids is 2. The number of hydrogen-bond acceptors (Lipinski definition) is 4. The zero-order valence-electron chi connectivity index (χ0n) is 16.4. The van der Waals surface area contributed by atoms with Crippen LogP contribution in [0.2, 0.25) is 5.02 Å². The summed E-state index contributed by atoms with van der Waals surface area (Å²) in [5.41, 5.74) is 0.533. The van der Waals surface area contributed by atoms with Gasteiger partial charge in [-0.2, -0.15) is 4.31 Å². The van der Waals surface area contributed by atoms with Crippen molar-refractivity contribution in [3.63, 3.8) is 0 Å². The number of carbonyl (C=O) groups is 2. The number of amides is 2. The standard InChI is InChI=1S/C21H24ClN3O4S/c22-16-9-11-19(12-10-16)30(28,29)25-15-5-4-8-18(25)13-14-23-20(26)21(27)24-17-6-2-1-3-7-17/h1-3,6-7,9-12,18H,4-5,8,13-15H2,(H,23,26)(H,24,27)/t18-/m1/s1. The van der Waals surface area contributed by atoms with E-state index >= 15 is 0 Å². The fourth-order valence-electron chi connectivity index (χ4n) is 3.46. The molecular weight excluding hydrogens is 426 g/mol. The van der Waals surface area contributed by atoms with Crippen LogP contribution in [0.4, 0.5) is 5.69 Å². The van der Waals surface area contributed by atoms with Crippen LogP contribution < -0.4 is 10.6 Å². The van der Waals surface area contributed by atoms with Crippen LogP contribution in [0.3, 0.4) is 0 Å². The highest BCUT2D eigenvalue weighted by atomic mass is 35.5. The van der Waals surface area contributed by atoms with Crippen LogP contribution in [0.25, 0.3) is 0 Å². The van der Waals surface area contributed by atoms with E-state index in [-0.39, 0.29) is 17.5 Å². The third-order valence-corrected chi connectivity index (χ3v) is 7.21. The molecule has 0 unspecified atom stereocenters. The largest absolute Gasteiger partial charge is 0.348 e. The molecule has 2 N–H and O–H groups in total. The average Bonchev–Trinajstić information content (AvgIpc) is 2.75. The van der Waals surface area contributed by atoms with Crippen LogP contribution >= 0.6 is 11.6 Å². The number of sulfonamides is 1. The molecule has 3 rings (SSSR count). The summed E-state index contributed by atoms with van der Waals surface area (Å²) in [6.07, 6.45) is 2.84. The number of piperidine rings is 1. The van der Waals surface area contributed by atoms with Gasteiger partial charge in [0.25, 0.3) is 0 Å². The van der Waals surface area contributed by atoms with E-state index in [2.05, 4.69) is 10.6 Å². The van der Waals surface area contributed by atoms with Gasteiger partial charge in [-0.15, -0.1) is 0 Å². The summed E-state index contributed by atoms with van der Waals surface area (Å²) in [5.74, 6) is -1.50. The molecule has 2 aromatic carbocycles. The molecule has 1 saturated heterocycles.